The zero-order chi connectivity index (χ0) is 26.5. The van der Waals surface area contributed by atoms with Crippen LogP contribution in [-0.2, 0) is 37.5 Å². The first-order valence-corrected chi connectivity index (χ1v) is 11.8. The number of amides is 2. The van der Waals surface area contributed by atoms with Gasteiger partial charge in [-0.25, -0.2) is 4.79 Å². The third-order valence-electron chi connectivity index (χ3n) is 5.18. The predicted octanol–water partition coefficient (Wildman–Crippen LogP) is 0.961. The summed E-state index contributed by atoms with van der Waals surface area (Å²) in [5.74, 6) is -3.36. The first-order valence-electron chi connectivity index (χ1n) is 10.4. The second kappa shape index (κ2) is 10.8. The number of hydrogen-bond acceptors (Lipinski definition) is 8. The quantitative estimate of drug-likeness (QED) is 0.374. The van der Waals surface area contributed by atoms with Gasteiger partial charge in [0.15, 0.2) is 0 Å². The number of aliphatic carboxylic acids is 1. The summed E-state index contributed by atoms with van der Waals surface area (Å²) in [4.78, 5) is 37.4. The Morgan fingerprint density at radius 2 is 1.64 bits per heavy atom. The fraction of sp³-hybridized carbons (Fsp3) is 0.318. The lowest BCUT2D eigenvalue weighted by atomic mass is 9.97. The summed E-state index contributed by atoms with van der Waals surface area (Å²) in [7, 11) is -5.85. The van der Waals surface area contributed by atoms with Gasteiger partial charge in [-0.1, -0.05) is 42.5 Å². The molecular weight excluding hydrogens is 509 g/mol. The highest BCUT2D eigenvalue weighted by Crippen LogP contribution is 2.27. The van der Waals surface area contributed by atoms with E-state index in [2.05, 4.69) is 9.50 Å². The van der Waals surface area contributed by atoms with Gasteiger partial charge in [-0.05, 0) is 23.3 Å². The number of alkyl carbamates (subject to hydrolysis) is 1. The topological polar surface area (TPSA) is 142 Å². The third kappa shape index (κ3) is 6.87. The minimum atomic E-state index is -5.85. The monoisotopic (exact) mass is 529 g/mol. The van der Waals surface area contributed by atoms with Gasteiger partial charge in [0.1, 0.15) is 18.4 Å². The van der Waals surface area contributed by atoms with Crippen LogP contribution in [0.15, 0.2) is 54.6 Å². The van der Waals surface area contributed by atoms with Crippen LogP contribution in [0.3, 0.4) is 0 Å². The van der Waals surface area contributed by atoms with Crippen LogP contribution in [-0.4, -0.2) is 55.9 Å². The van der Waals surface area contributed by atoms with E-state index in [-0.39, 0.29) is 26.1 Å². The number of benzene rings is 2. The molecule has 0 spiro atoms. The van der Waals surface area contributed by atoms with Gasteiger partial charge in [-0.2, -0.15) is 21.6 Å². The molecular formula is C22H20F3N2O8S-. The molecule has 36 heavy (non-hydrogen) atoms. The van der Waals surface area contributed by atoms with Crippen molar-refractivity contribution in [3.05, 3.63) is 65.7 Å². The first-order chi connectivity index (χ1) is 16.9. The van der Waals surface area contributed by atoms with Crippen LogP contribution in [0, 0.1) is 5.92 Å². The molecule has 3 rings (SSSR count). The van der Waals surface area contributed by atoms with Crippen LogP contribution in [0.4, 0.5) is 18.0 Å². The summed E-state index contributed by atoms with van der Waals surface area (Å²) in [6.07, 6.45) is -1.08. The number of likely N-dealkylation sites (tertiary alicyclic amines) is 1. The number of rotatable bonds is 9. The molecule has 194 valence electrons. The number of alkyl halides is 3. The summed E-state index contributed by atoms with van der Waals surface area (Å²) >= 11 is 0. The standard InChI is InChI=1S/C22H21F3N2O8S/c23-22(24,25)36(32,33)35-17-8-6-14(7-9-17)10-18(19(28)27-11-16(12-27)20(29)30)26-21(31)34-13-15-4-2-1-3-5-15/h1-9,16,18H,10-13H2,(H,26,31)(H,29,30)/p-1/t18-/m0/s1. The molecule has 1 atom stereocenters. The lowest BCUT2D eigenvalue weighted by Crippen LogP contribution is -2.61. The van der Waals surface area contributed by atoms with Crippen molar-refractivity contribution < 1.29 is 50.0 Å². The number of carbonyl (C=O) groups is 3. The second-order valence-electron chi connectivity index (χ2n) is 7.85. The first kappa shape index (κ1) is 26.8. The number of halogens is 3. The SMILES string of the molecule is O=C(N[C@@H](Cc1ccc(OS(=O)(=O)C(F)(F)F)cc1)C(=O)N1CC(C(=O)[O-])C1)OCc1ccccc1. The van der Waals surface area contributed by atoms with Crippen LogP contribution in [0.5, 0.6) is 5.75 Å². The van der Waals surface area contributed by atoms with Gasteiger partial charge >= 0.3 is 21.7 Å². The molecule has 2 amide bonds. The molecule has 14 heteroatoms. The van der Waals surface area contributed by atoms with Crippen molar-refractivity contribution in [3.63, 3.8) is 0 Å². The minimum Gasteiger partial charge on any atom is -0.550 e. The maximum Gasteiger partial charge on any atom is 0.534 e. The van der Waals surface area contributed by atoms with E-state index in [9.17, 15) is 41.1 Å². The number of carbonyl (C=O) groups excluding carboxylic acids is 3. The van der Waals surface area contributed by atoms with E-state index in [4.69, 9.17) is 4.74 Å². The van der Waals surface area contributed by atoms with Gasteiger partial charge in [-0.3, -0.25) is 4.79 Å². The molecule has 1 heterocycles. The van der Waals surface area contributed by atoms with Gasteiger partial charge in [0, 0.05) is 31.4 Å². The molecule has 0 bridgehead atoms. The zero-order valence-corrected chi connectivity index (χ0v) is 19.3. The fourth-order valence-electron chi connectivity index (χ4n) is 3.23. The van der Waals surface area contributed by atoms with Crippen molar-refractivity contribution in [1.82, 2.24) is 10.2 Å². The number of carboxylic acid groups (broad SMARTS) is 1. The predicted molar refractivity (Wildman–Crippen MR) is 114 cm³/mol. The maximum absolute atomic E-state index is 12.9. The summed E-state index contributed by atoms with van der Waals surface area (Å²) in [5, 5.41) is 13.3. The van der Waals surface area contributed by atoms with Crippen molar-refractivity contribution >= 4 is 28.1 Å². The molecule has 1 N–H and O–H groups in total. The molecule has 0 aliphatic carbocycles. The Hall–Kier alpha value is -3.81. The summed E-state index contributed by atoms with van der Waals surface area (Å²) in [6.45, 7) is -0.301. The number of nitrogens with zero attached hydrogens (tertiary/aromatic N) is 1. The Labute approximate surface area is 203 Å². The van der Waals surface area contributed by atoms with Crippen molar-refractivity contribution in [2.45, 2.75) is 24.6 Å². The van der Waals surface area contributed by atoms with Crippen LogP contribution in [0.25, 0.3) is 0 Å². The molecule has 0 unspecified atom stereocenters. The normalized spacial score (nSPS) is 14.9. The molecule has 0 saturated carbocycles. The number of ether oxygens (including phenoxy) is 1. The van der Waals surface area contributed by atoms with Gasteiger partial charge in [0.2, 0.25) is 5.91 Å². The highest BCUT2D eigenvalue weighted by Gasteiger charge is 2.48. The molecule has 2 aromatic carbocycles. The Kier molecular flexibility index (Phi) is 8.07. The minimum absolute atomic E-state index is 0.0796. The van der Waals surface area contributed by atoms with Gasteiger partial charge in [-0.15, -0.1) is 0 Å². The van der Waals surface area contributed by atoms with E-state index < -0.39 is 51.3 Å². The van der Waals surface area contributed by atoms with E-state index in [1.165, 1.54) is 17.0 Å². The third-order valence-corrected chi connectivity index (χ3v) is 6.16. The molecule has 1 saturated heterocycles. The molecule has 2 aromatic rings. The molecule has 0 radical (unpaired) electrons. The summed E-state index contributed by atoms with van der Waals surface area (Å²) in [5.41, 5.74) is -4.57. The largest absolute Gasteiger partial charge is 0.550 e. The van der Waals surface area contributed by atoms with Crippen molar-refractivity contribution in [1.29, 1.82) is 0 Å². The Bertz CT molecular complexity index is 1200. The van der Waals surface area contributed by atoms with E-state index in [0.29, 0.717) is 11.1 Å². The number of nitrogens with one attached hydrogen (secondary N) is 1. The van der Waals surface area contributed by atoms with E-state index in [1.807, 2.05) is 0 Å². The average Bonchev–Trinajstić information content (AvgIpc) is 2.77. The Morgan fingerprint density at radius 1 is 1.03 bits per heavy atom. The lowest BCUT2D eigenvalue weighted by Gasteiger charge is -2.41. The van der Waals surface area contributed by atoms with E-state index in [1.54, 1.807) is 30.3 Å². The van der Waals surface area contributed by atoms with Crippen molar-refractivity contribution in [2.24, 2.45) is 5.92 Å². The van der Waals surface area contributed by atoms with Gasteiger partial charge in [0.05, 0.1) is 0 Å². The highest BCUT2D eigenvalue weighted by molar-refractivity contribution is 7.88. The fourth-order valence-corrected chi connectivity index (χ4v) is 3.68. The summed E-state index contributed by atoms with van der Waals surface area (Å²) in [6, 6.07) is 11.9. The molecule has 10 nitrogen and oxygen atoms in total. The molecule has 1 aliphatic rings. The molecule has 1 fully saturated rings. The van der Waals surface area contributed by atoms with E-state index >= 15 is 0 Å². The maximum atomic E-state index is 12.9. The lowest BCUT2D eigenvalue weighted by molar-refractivity contribution is -0.315. The Morgan fingerprint density at radius 3 is 2.19 bits per heavy atom. The highest BCUT2D eigenvalue weighted by atomic mass is 32.2. The van der Waals surface area contributed by atoms with Crippen LogP contribution in [0.2, 0.25) is 0 Å². The average molecular weight is 529 g/mol. The van der Waals surface area contributed by atoms with Crippen molar-refractivity contribution in [3.8, 4) is 5.75 Å². The molecule has 0 aromatic heterocycles. The summed E-state index contributed by atoms with van der Waals surface area (Å²) < 4.78 is 68.9. The Balaban J connectivity index is 1.68. The zero-order valence-electron chi connectivity index (χ0n) is 18.4. The number of carboxylic acids is 1. The smallest absolute Gasteiger partial charge is 0.534 e. The van der Waals surface area contributed by atoms with Crippen molar-refractivity contribution in [2.75, 3.05) is 13.1 Å². The van der Waals surface area contributed by atoms with Crippen LogP contribution >= 0.6 is 0 Å². The number of hydrogen-bond donors (Lipinski definition) is 1. The van der Waals surface area contributed by atoms with Crippen LogP contribution < -0.4 is 14.6 Å². The molecule has 1 aliphatic heterocycles. The van der Waals surface area contributed by atoms with Gasteiger partial charge < -0.3 is 29.0 Å². The van der Waals surface area contributed by atoms with Crippen LogP contribution in [0.1, 0.15) is 11.1 Å². The van der Waals surface area contributed by atoms with Gasteiger partial charge in [0.25, 0.3) is 0 Å². The van der Waals surface area contributed by atoms with E-state index in [0.717, 1.165) is 12.1 Å². The second-order valence-corrected chi connectivity index (χ2v) is 9.39.